The standard InChI is InChI=1S/C31H36ClN3O6S/c1-4-27(31(37)33-19-22(2)3)34(20-23-10-8-9-13-26(23)32)30(36)21-35(42(38,39)25-11-6-5-7-12-25)24-14-15-28-29(18-24)41-17-16-40-28/h5-15,18,22,27H,4,16-17,19-21H2,1-3H3,(H,33,37)/t27-/m0/s1. The number of sulfonamides is 1. The minimum atomic E-state index is -4.20. The Balaban J connectivity index is 1.75. The summed E-state index contributed by atoms with van der Waals surface area (Å²) >= 11 is 6.45. The maximum Gasteiger partial charge on any atom is 0.264 e. The third-order valence-corrected chi connectivity index (χ3v) is 8.95. The van der Waals surface area contributed by atoms with Gasteiger partial charge in [0.1, 0.15) is 25.8 Å². The van der Waals surface area contributed by atoms with Crippen molar-refractivity contribution in [2.45, 2.75) is 44.7 Å². The van der Waals surface area contributed by atoms with Crippen LogP contribution in [0.5, 0.6) is 11.5 Å². The first-order valence-corrected chi connectivity index (χ1v) is 15.7. The normalized spacial score (nSPS) is 13.4. The monoisotopic (exact) mass is 613 g/mol. The maximum absolute atomic E-state index is 14.2. The number of carbonyl (C=O) groups is 2. The topological polar surface area (TPSA) is 105 Å². The van der Waals surface area contributed by atoms with Gasteiger partial charge in [-0.15, -0.1) is 0 Å². The van der Waals surface area contributed by atoms with Gasteiger partial charge in [-0.3, -0.25) is 13.9 Å². The van der Waals surface area contributed by atoms with E-state index in [-0.39, 0.29) is 29.0 Å². The molecule has 9 nitrogen and oxygen atoms in total. The zero-order chi connectivity index (χ0) is 30.3. The molecule has 1 N–H and O–H groups in total. The van der Waals surface area contributed by atoms with Gasteiger partial charge in [-0.25, -0.2) is 8.42 Å². The number of rotatable bonds is 12. The van der Waals surface area contributed by atoms with Crippen molar-refractivity contribution in [1.82, 2.24) is 10.2 Å². The van der Waals surface area contributed by atoms with E-state index in [1.54, 1.807) is 60.7 Å². The molecule has 0 fully saturated rings. The first kappa shape index (κ1) is 31.2. The molecule has 0 aliphatic carbocycles. The van der Waals surface area contributed by atoms with E-state index in [2.05, 4.69) is 5.32 Å². The van der Waals surface area contributed by atoms with E-state index in [9.17, 15) is 18.0 Å². The Kier molecular flexibility index (Phi) is 10.3. The fourth-order valence-corrected chi connectivity index (χ4v) is 6.21. The largest absolute Gasteiger partial charge is 0.486 e. The molecule has 0 radical (unpaired) electrons. The zero-order valence-electron chi connectivity index (χ0n) is 24.0. The first-order valence-electron chi connectivity index (χ1n) is 13.9. The van der Waals surface area contributed by atoms with Crippen LogP contribution in [-0.2, 0) is 26.2 Å². The first-order chi connectivity index (χ1) is 20.1. The van der Waals surface area contributed by atoms with Gasteiger partial charge in [0.2, 0.25) is 11.8 Å². The molecule has 3 aromatic rings. The fraction of sp³-hybridized carbons (Fsp3) is 0.355. The molecule has 2 amide bonds. The summed E-state index contributed by atoms with van der Waals surface area (Å²) in [6.45, 7) is 6.37. The predicted octanol–water partition coefficient (Wildman–Crippen LogP) is 4.89. The number of nitrogens with one attached hydrogen (secondary N) is 1. The summed E-state index contributed by atoms with van der Waals surface area (Å²) in [5, 5.41) is 3.35. The van der Waals surface area contributed by atoms with Gasteiger partial charge in [0.25, 0.3) is 10.0 Å². The van der Waals surface area contributed by atoms with Gasteiger partial charge in [0, 0.05) is 24.2 Å². The van der Waals surface area contributed by atoms with Crippen LogP contribution < -0.4 is 19.1 Å². The molecule has 11 heteroatoms. The van der Waals surface area contributed by atoms with Crippen LogP contribution in [-0.4, -0.2) is 57.5 Å². The minimum absolute atomic E-state index is 0.0203. The third-order valence-electron chi connectivity index (χ3n) is 6.79. The molecule has 1 aliphatic heterocycles. The van der Waals surface area contributed by atoms with Crippen LogP contribution >= 0.6 is 11.6 Å². The number of nitrogens with zero attached hydrogens (tertiary/aromatic N) is 2. The average molecular weight is 614 g/mol. The molecule has 0 aromatic heterocycles. The van der Waals surface area contributed by atoms with Crippen molar-refractivity contribution < 1.29 is 27.5 Å². The van der Waals surface area contributed by atoms with Crippen molar-refractivity contribution in [2.24, 2.45) is 5.92 Å². The van der Waals surface area contributed by atoms with E-state index in [1.807, 2.05) is 20.8 Å². The summed E-state index contributed by atoms with van der Waals surface area (Å²) in [5.74, 6) is 0.202. The van der Waals surface area contributed by atoms with Gasteiger partial charge < -0.3 is 19.7 Å². The van der Waals surface area contributed by atoms with E-state index in [0.717, 1.165) is 4.31 Å². The second-order valence-electron chi connectivity index (χ2n) is 10.3. The van der Waals surface area contributed by atoms with Crippen LogP contribution in [0.25, 0.3) is 0 Å². The number of fused-ring (bicyclic) bond motifs is 1. The molecule has 3 aromatic carbocycles. The number of carbonyl (C=O) groups excluding carboxylic acids is 2. The summed E-state index contributed by atoms with van der Waals surface area (Å²) in [5.41, 5.74) is 0.867. The second kappa shape index (κ2) is 13.9. The van der Waals surface area contributed by atoms with Gasteiger partial charge >= 0.3 is 0 Å². The highest BCUT2D eigenvalue weighted by molar-refractivity contribution is 7.92. The van der Waals surface area contributed by atoms with Gasteiger partial charge in [0.15, 0.2) is 11.5 Å². The maximum atomic E-state index is 14.2. The van der Waals surface area contributed by atoms with Crippen LogP contribution in [0.1, 0.15) is 32.8 Å². The van der Waals surface area contributed by atoms with Crippen LogP contribution in [0.15, 0.2) is 77.7 Å². The molecule has 0 saturated heterocycles. The molecule has 0 bridgehead atoms. The number of halogens is 1. The number of hydrogen-bond donors (Lipinski definition) is 1. The van der Waals surface area contributed by atoms with Crippen molar-refractivity contribution in [3.63, 3.8) is 0 Å². The molecule has 1 aliphatic rings. The number of benzene rings is 3. The van der Waals surface area contributed by atoms with Crippen molar-refractivity contribution >= 4 is 39.1 Å². The lowest BCUT2D eigenvalue weighted by molar-refractivity contribution is -0.140. The summed E-state index contributed by atoms with van der Waals surface area (Å²) in [6.07, 6.45) is 0.315. The Hall–Kier alpha value is -3.76. The SMILES string of the molecule is CC[C@@H](C(=O)NCC(C)C)N(Cc1ccccc1Cl)C(=O)CN(c1ccc2c(c1)OCCO2)S(=O)(=O)c1ccccc1. The Morgan fingerprint density at radius 3 is 2.29 bits per heavy atom. The highest BCUT2D eigenvalue weighted by atomic mass is 35.5. The Morgan fingerprint density at radius 1 is 0.952 bits per heavy atom. The Morgan fingerprint density at radius 2 is 1.62 bits per heavy atom. The van der Waals surface area contributed by atoms with E-state index >= 15 is 0 Å². The number of anilines is 1. The zero-order valence-corrected chi connectivity index (χ0v) is 25.5. The second-order valence-corrected chi connectivity index (χ2v) is 12.6. The van der Waals surface area contributed by atoms with Crippen LogP contribution in [0.2, 0.25) is 5.02 Å². The molecule has 0 unspecified atom stereocenters. The highest BCUT2D eigenvalue weighted by Crippen LogP contribution is 2.36. The van der Waals surface area contributed by atoms with Crippen molar-refractivity contribution in [1.29, 1.82) is 0 Å². The summed E-state index contributed by atoms with van der Waals surface area (Å²) in [7, 11) is -4.20. The molecule has 0 saturated carbocycles. The highest BCUT2D eigenvalue weighted by Gasteiger charge is 2.34. The molecule has 224 valence electrons. The molecule has 1 heterocycles. The van der Waals surface area contributed by atoms with Crippen molar-refractivity contribution in [3.8, 4) is 11.5 Å². The molecular formula is C31H36ClN3O6S. The molecule has 1 atom stereocenters. The smallest absolute Gasteiger partial charge is 0.264 e. The van der Waals surface area contributed by atoms with Gasteiger partial charge in [-0.2, -0.15) is 0 Å². The van der Waals surface area contributed by atoms with E-state index < -0.39 is 28.5 Å². The molecule has 42 heavy (non-hydrogen) atoms. The lowest BCUT2D eigenvalue weighted by Gasteiger charge is -2.33. The predicted molar refractivity (Wildman–Crippen MR) is 162 cm³/mol. The van der Waals surface area contributed by atoms with Crippen LogP contribution in [0, 0.1) is 5.92 Å². The Labute approximate surface area is 252 Å². The lowest BCUT2D eigenvalue weighted by atomic mass is 10.1. The van der Waals surface area contributed by atoms with Crippen LogP contribution in [0.4, 0.5) is 5.69 Å². The van der Waals surface area contributed by atoms with Gasteiger partial charge in [0.05, 0.1) is 10.6 Å². The average Bonchev–Trinajstić information content (AvgIpc) is 2.99. The quantitative estimate of drug-likeness (QED) is 0.312. The van der Waals surface area contributed by atoms with Crippen molar-refractivity contribution in [2.75, 3.05) is 30.6 Å². The third kappa shape index (κ3) is 7.35. The lowest BCUT2D eigenvalue weighted by Crippen LogP contribution is -2.52. The van der Waals surface area contributed by atoms with E-state index in [0.29, 0.717) is 48.3 Å². The summed E-state index contributed by atoms with van der Waals surface area (Å²) < 4.78 is 40.4. The number of ether oxygens (including phenoxy) is 2. The van der Waals surface area contributed by atoms with E-state index in [1.165, 1.54) is 17.0 Å². The van der Waals surface area contributed by atoms with Gasteiger partial charge in [-0.05, 0) is 48.2 Å². The Bertz CT molecular complexity index is 1500. The van der Waals surface area contributed by atoms with Gasteiger partial charge in [-0.1, -0.05) is 68.8 Å². The summed E-state index contributed by atoms with van der Waals surface area (Å²) in [6, 6.07) is 18.9. The van der Waals surface area contributed by atoms with Crippen molar-refractivity contribution in [3.05, 3.63) is 83.4 Å². The number of amides is 2. The molecular weight excluding hydrogens is 578 g/mol. The number of hydrogen-bond acceptors (Lipinski definition) is 6. The minimum Gasteiger partial charge on any atom is -0.486 e. The van der Waals surface area contributed by atoms with E-state index in [4.69, 9.17) is 21.1 Å². The fourth-order valence-electron chi connectivity index (χ4n) is 4.59. The van der Waals surface area contributed by atoms with Crippen LogP contribution in [0.3, 0.4) is 0 Å². The summed E-state index contributed by atoms with van der Waals surface area (Å²) in [4.78, 5) is 29.0. The molecule has 4 rings (SSSR count). The molecule has 0 spiro atoms.